The fraction of sp³-hybridized carbons (Fsp3) is 0.409. The highest BCUT2D eigenvalue weighted by atomic mass is 15.2. The SMILES string of the molecule is CN1CCC(C2c3ccccc3C3=NCCN3c3ccccc32)CC1. The minimum atomic E-state index is 0.481. The topological polar surface area (TPSA) is 18.8 Å². The average Bonchev–Trinajstić information content (AvgIpc) is 3.10. The molecule has 1 saturated heterocycles. The lowest BCUT2D eigenvalue weighted by molar-refractivity contribution is 0.207. The van der Waals surface area contributed by atoms with Gasteiger partial charge in [0.25, 0.3) is 0 Å². The van der Waals surface area contributed by atoms with E-state index in [0.717, 1.165) is 13.1 Å². The van der Waals surface area contributed by atoms with E-state index in [4.69, 9.17) is 4.99 Å². The van der Waals surface area contributed by atoms with Crippen LogP contribution in [0.4, 0.5) is 5.69 Å². The Morgan fingerprint density at radius 1 is 0.880 bits per heavy atom. The first-order chi connectivity index (χ1) is 12.3. The molecule has 128 valence electrons. The van der Waals surface area contributed by atoms with E-state index in [-0.39, 0.29) is 0 Å². The molecule has 1 atom stereocenters. The van der Waals surface area contributed by atoms with Crippen molar-refractivity contribution < 1.29 is 0 Å². The largest absolute Gasteiger partial charge is 0.324 e. The summed E-state index contributed by atoms with van der Waals surface area (Å²) in [6.45, 7) is 4.31. The number of anilines is 1. The molecule has 3 aliphatic heterocycles. The summed E-state index contributed by atoms with van der Waals surface area (Å²) in [4.78, 5) is 9.80. The molecule has 3 heterocycles. The number of amidine groups is 1. The summed E-state index contributed by atoms with van der Waals surface area (Å²) in [5.41, 5.74) is 5.70. The molecule has 0 radical (unpaired) electrons. The number of benzene rings is 2. The maximum absolute atomic E-state index is 4.88. The van der Waals surface area contributed by atoms with Crippen LogP contribution < -0.4 is 4.90 Å². The van der Waals surface area contributed by atoms with Gasteiger partial charge in [-0.15, -0.1) is 0 Å². The zero-order valence-corrected chi connectivity index (χ0v) is 14.9. The Labute approximate surface area is 150 Å². The molecule has 0 bridgehead atoms. The molecular formula is C22H25N3. The smallest absolute Gasteiger partial charge is 0.135 e. The van der Waals surface area contributed by atoms with E-state index in [9.17, 15) is 0 Å². The molecule has 3 nitrogen and oxygen atoms in total. The number of rotatable bonds is 1. The van der Waals surface area contributed by atoms with Gasteiger partial charge in [-0.25, -0.2) is 0 Å². The number of nitrogens with zero attached hydrogens (tertiary/aromatic N) is 3. The van der Waals surface area contributed by atoms with Gasteiger partial charge in [0.05, 0.1) is 6.54 Å². The maximum atomic E-state index is 4.88. The first kappa shape index (κ1) is 15.2. The summed E-state index contributed by atoms with van der Waals surface area (Å²) < 4.78 is 0. The van der Waals surface area contributed by atoms with Crippen LogP contribution in [0, 0.1) is 5.92 Å². The Hall–Kier alpha value is -2.13. The highest BCUT2D eigenvalue weighted by Gasteiger charge is 2.37. The number of hydrogen-bond donors (Lipinski definition) is 0. The number of aliphatic imine (C=N–C) groups is 1. The lowest BCUT2D eigenvalue weighted by Crippen LogP contribution is -2.33. The molecule has 1 fully saturated rings. The maximum Gasteiger partial charge on any atom is 0.135 e. The molecular weight excluding hydrogens is 306 g/mol. The molecule has 0 amide bonds. The van der Waals surface area contributed by atoms with Gasteiger partial charge < -0.3 is 9.80 Å². The molecule has 0 aliphatic carbocycles. The van der Waals surface area contributed by atoms with Crippen molar-refractivity contribution in [3.63, 3.8) is 0 Å². The van der Waals surface area contributed by atoms with Gasteiger partial charge in [0.2, 0.25) is 0 Å². The van der Waals surface area contributed by atoms with Crippen LogP contribution in [0.2, 0.25) is 0 Å². The molecule has 1 unspecified atom stereocenters. The third-order valence-electron chi connectivity index (χ3n) is 6.17. The quantitative estimate of drug-likeness (QED) is 0.793. The standard InChI is InChI=1S/C22H25N3/c1-24-13-10-16(11-14-24)21-17-6-2-3-7-18(17)22-23-12-15-25(22)20-9-5-4-8-19(20)21/h2-9,16,21H,10-15H2,1H3. The number of fused-ring (bicyclic) bond motifs is 5. The van der Waals surface area contributed by atoms with Gasteiger partial charge in [-0.05, 0) is 56.1 Å². The summed E-state index contributed by atoms with van der Waals surface area (Å²) >= 11 is 0. The van der Waals surface area contributed by atoms with Crippen LogP contribution >= 0.6 is 0 Å². The lowest BCUT2D eigenvalue weighted by Gasteiger charge is -2.35. The molecule has 3 heteroatoms. The van der Waals surface area contributed by atoms with Crippen molar-refractivity contribution >= 4 is 11.5 Å². The summed E-state index contributed by atoms with van der Waals surface area (Å²) in [6.07, 6.45) is 2.55. The van der Waals surface area contributed by atoms with Gasteiger partial charge in [0.1, 0.15) is 5.84 Å². The summed E-state index contributed by atoms with van der Waals surface area (Å²) in [6, 6.07) is 18.0. The first-order valence-electron chi connectivity index (χ1n) is 9.51. The van der Waals surface area contributed by atoms with Crippen molar-refractivity contribution in [3.8, 4) is 0 Å². The molecule has 0 saturated carbocycles. The van der Waals surface area contributed by atoms with Crippen LogP contribution in [0.15, 0.2) is 53.5 Å². The van der Waals surface area contributed by atoms with Crippen LogP contribution in [-0.4, -0.2) is 44.0 Å². The van der Waals surface area contributed by atoms with Gasteiger partial charge in [-0.1, -0.05) is 42.5 Å². The zero-order valence-electron chi connectivity index (χ0n) is 14.9. The number of para-hydroxylation sites is 1. The van der Waals surface area contributed by atoms with Crippen molar-refractivity contribution in [2.45, 2.75) is 18.8 Å². The molecule has 2 aromatic rings. The number of hydrogen-bond acceptors (Lipinski definition) is 3. The average molecular weight is 331 g/mol. The third-order valence-corrected chi connectivity index (χ3v) is 6.17. The predicted octanol–water partition coefficient (Wildman–Crippen LogP) is 3.74. The highest BCUT2D eigenvalue weighted by Crippen LogP contribution is 2.46. The van der Waals surface area contributed by atoms with E-state index in [1.807, 2.05) is 0 Å². The molecule has 25 heavy (non-hydrogen) atoms. The Kier molecular flexibility index (Phi) is 3.63. The van der Waals surface area contributed by atoms with E-state index < -0.39 is 0 Å². The van der Waals surface area contributed by atoms with Crippen LogP contribution in [0.25, 0.3) is 0 Å². The van der Waals surface area contributed by atoms with Crippen LogP contribution in [0.5, 0.6) is 0 Å². The second-order valence-corrected chi connectivity index (χ2v) is 7.62. The van der Waals surface area contributed by atoms with Crippen molar-refractivity contribution in [2.24, 2.45) is 10.9 Å². The fourth-order valence-corrected chi connectivity index (χ4v) is 4.92. The lowest BCUT2D eigenvalue weighted by atomic mass is 9.75. The molecule has 0 N–H and O–H groups in total. The Bertz CT molecular complexity index is 818. The van der Waals surface area contributed by atoms with Crippen molar-refractivity contribution in [3.05, 3.63) is 65.2 Å². The number of likely N-dealkylation sites (tertiary alicyclic amines) is 1. The summed E-state index contributed by atoms with van der Waals surface area (Å²) in [5.74, 6) is 2.37. The molecule has 3 aliphatic rings. The van der Waals surface area contributed by atoms with Crippen molar-refractivity contribution in [2.75, 3.05) is 38.1 Å². The Morgan fingerprint density at radius 2 is 1.60 bits per heavy atom. The normalized spacial score (nSPS) is 23.5. The van der Waals surface area contributed by atoms with Crippen LogP contribution in [-0.2, 0) is 0 Å². The van der Waals surface area contributed by atoms with Gasteiger partial charge in [-0.3, -0.25) is 4.99 Å². The van der Waals surface area contributed by atoms with Gasteiger partial charge in [-0.2, -0.15) is 0 Å². The van der Waals surface area contributed by atoms with Gasteiger partial charge in [0.15, 0.2) is 0 Å². The minimum absolute atomic E-state index is 0.481. The summed E-state index contributed by atoms with van der Waals surface area (Å²) in [7, 11) is 2.25. The molecule has 5 rings (SSSR count). The van der Waals surface area contributed by atoms with Crippen molar-refractivity contribution in [1.82, 2.24) is 4.90 Å². The molecule has 2 aromatic carbocycles. The third kappa shape index (κ3) is 2.41. The van der Waals surface area contributed by atoms with Crippen LogP contribution in [0.3, 0.4) is 0 Å². The monoisotopic (exact) mass is 331 g/mol. The fourth-order valence-electron chi connectivity index (χ4n) is 4.92. The van der Waals surface area contributed by atoms with Crippen molar-refractivity contribution in [1.29, 1.82) is 0 Å². The Morgan fingerprint density at radius 3 is 2.44 bits per heavy atom. The van der Waals surface area contributed by atoms with E-state index in [1.54, 1.807) is 0 Å². The summed E-state index contributed by atoms with van der Waals surface area (Å²) in [5, 5.41) is 0. The highest BCUT2D eigenvalue weighted by molar-refractivity contribution is 6.13. The molecule has 0 aromatic heterocycles. The van der Waals surface area contributed by atoms with E-state index in [0.29, 0.717) is 11.8 Å². The zero-order chi connectivity index (χ0) is 16.8. The number of piperidine rings is 1. The molecule has 0 spiro atoms. The van der Waals surface area contributed by atoms with Gasteiger partial charge in [0, 0.05) is 23.7 Å². The Balaban J connectivity index is 1.71. The second-order valence-electron chi connectivity index (χ2n) is 7.62. The van der Waals surface area contributed by atoms with E-state index >= 15 is 0 Å². The predicted molar refractivity (Wildman–Crippen MR) is 104 cm³/mol. The van der Waals surface area contributed by atoms with Crippen LogP contribution in [0.1, 0.15) is 35.4 Å². The van der Waals surface area contributed by atoms with E-state index in [2.05, 4.69) is 65.4 Å². The van der Waals surface area contributed by atoms with E-state index in [1.165, 1.54) is 54.1 Å². The second kappa shape index (κ2) is 5.99. The minimum Gasteiger partial charge on any atom is -0.324 e. The first-order valence-corrected chi connectivity index (χ1v) is 9.51. The van der Waals surface area contributed by atoms with Gasteiger partial charge >= 0.3 is 0 Å².